The van der Waals surface area contributed by atoms with Crippen molar-refractivity contribution in [2.75, 3.05) is 11.9 Å². The second kappa shape index (κ2) is 5.18. The fraction of sp³-hybridized carbons (Fsp3) is 0.600. The van der Waals surface area contributed by atoms with Crippen LogP contribution in [0.5, 0.6) is 0 Å². The number of nitrogens with one attached hydrogen (secondary N) is 1. The molecule has 0 amide bonds. The van der Waals surface area contributed by atoms with Crippen molar-refractivity contribution in [3.05, 3.63) is 23.9 Å². The van der Waals surface area contributed by atoms with Crippen LogP contribution in [0.15, 0.2) is 18.3 Å². The molecule has 1 aromatic heterocycles. The lowest BCUT2D eigenvalue weighted by Crippen LogP contribution is -2.42. The Labute approximate surface area is 113 Å². The number of nitriles is 1. The molecule has 0 radical (unpaired) electrons. The third-order valence-corrected chi connectivity index (χ3v) is 4.25. The van der Waals surface area contributed by atoms with E-state index in [4.69, 9.17) is 10.00 Å². The second-order valence-electron chi connectivity index (χ2n) is 5.62. The van der Waals surface area contributed by atoms with Gasteiger partial charge in [-0.25, -0.2) is 4.98 Å². The van der Waals surface area contributed by atoms with Gasteiger partial charge in [0.05, 0.1) is 11.2 Å². The first-order chi connectivity index (χ1) is 9.30. The summed E-state index contributed by atoms with van der Waals surface area (Å²) in [5.74, 6) is 0.860. The third kappa shape index (κ3) is 2.71. The fourth-order valence-electron chi connectivity index (χ4n) is 3.27. The predicted molar refractivity (Wildman–Crippen MR) is 72.7 cm³/mol. The van der Waals surface area contributed by atoms with E-state index >= 15 is 0 Å². The first-order valence-corrected chi connectivity index (χ1v) is 7.06. The minimum absolute atomic E-state index is 0.127. The molecule has 1 atom stereocenters. The van der Waals surface area contributed by atoms with E-state index in [0.29, 0.717) is 11.6 Å². The van der Waals surface area contributed by atoms with Gasteiger partial charge in [-0.2, -0.15) is 5.26 Å². The zero-order valence-corrected chi connectivity index (χ0v) is 11.1. The molecule has 0 bridgehead atoms. The SMILES string of the molecule is N#Cc1ccc(N[C@H]2CCOC3(CCCC3)C2)nc1. The second-order valence-corrected chi connectivity index (χ2v) is 5.62. The molecule has 1 aliphatic heterocycles. The highest BCUT2D eigenvalue weighted by Crippen LogP contribution is 2.40. The van der Waals surface area contributed by atoms with Crippen molar-refractivity contribution in [1.82, 2.24) is 4.98 Å². The number of aromatic nitrogens is 1. The lowest BCUT2D eigenvalue weighted by Gasteiger charge is -2.38. The number of hydrogen-bond donors (Lipinski definition) is 1. The summed E-state index contributed by atoms with van der Waals surface area (Å²) in [6.07, 6.45) is 8.72. The molecule has 1 saturated carbocycles. The summed E-state index contributed by atoms with van der Waals surface area (Å²) < 4.78 is 6.03. The normalized spacial score (nSPS) is 25.1. The van der Waals surface area contributed by atoms with Crippen molar-refractivity contribution in [2.24, 2.45) is 0 Å². The third-order valence-electron chi connectivity index (χ3n) is 4.25. The molecule has 1 aliphatic carbocycles. The lowest BCUT2D eigenvalue weighted by atomic mass is 9.89. The number of ether oxygens (including phenoxy) is 1. The minimum Gasteiger partial charge on any atom is -0.375 e. The predicted octanol–water partition coefficient (Wildman–Crippen LogP) is 2.86. The van der Waals surface area contributed by atoms with Crippen molar-refractivity contribution < 1.29 is 4.74 Å². The van der Waals surface area contributed by atoms with Crippen LogP contribution in [0.4, 0.5) is 5.82 Å². The number of nitrogens with zero attached hydrogens (tertiary/aromatic N) is 2. The highest BCUT2D eigenvalue weighted by atomic mass is 16.5. The monoisotopic (exact) mass is 257 g/mol. The van der Waals surface area contributed by atoms with Gasteiger partial charge < -0.3 is 10.1 Å². The van der Waals surface area contributed by atoms with Gasteiger partial charge in [0.2, 0.25) is 0 Å². The van der Waals surface area contributed by atoms with Gasteiger partial charge in [-0.05, 0) is 37.8 Å². The summed E-state index contributed by atoms with van der Waals surface area (Å²) in [7, 11) is 0. The molecule has 0 unspecified atom stereocenters. The summed E-state index contributed by atoms with van der Waals surface area (Å²) in [6.45, 7) is 0.841. The van der Waals surface area contributed by atoms with E-state index < -0.39 is 0 Å². The first kappa shape index (κ1) is 12.4. The molecule has 2 fully saturated rings. The molecule has 19 heavy (non-hydrogen) atoms. The van der Waals surface area contributed by atoms with Crippen molar-refractivity contribution in [1.29, 1.82) is 5.26 Å². The number of rotatable bonds is 2. The first-order valence-electron chi connectivity index (χ1n) is 7.06. The Morgan fingerprint density at radius 1 is 1.37 bits per heavy atom. The van der Waals surface area contributed by atoms with E-state index in [1.807, 2.05) is 6.07 Å². The van der Waals surface area contributed by atoms with E-state index in [0.717, 1.165) is 25.3 Å². The van der Waals surface area contributed by atoms with Crippen LogP contribution in [0.25, 0.3) is 0 Å². The Morgan fingerprint density at radius 3 is 2.89 bits per heavy atom. The van der Waals surface area contributed by atoms with Crippen LogP contribution in [-0.2, 0) is 4.74 Å². The van der Waals surface area contributed by atoms with Gasteiger partial charge in [-0.15, -0.1) is 0 Å². The average molecular weight is 257 g/mol. The molecule has 4 heteroatoms. The number of hydrogen-bond acceptors (Lipinski definition) is 4. The highest BCUT2D eigenvalue weighted by Gasteiger charge is 2.39. The summed E-state index contributed by atoms with van der Waals surface area (Å²) in [6, 6.07) is 6.21. The molecule has 1 N–H and O–H groups in total. The van der Waals surface area contributed by atoms with Crippen LogP contribution < -0.4 is 5.32 Å². The van der Waals surface area contributed by atoms with E-state index in [9.17, 15) is 0 Å². The van der Waals surface area contributed by atoms with Crippen LogP contribution in [0, 0.1) is 11.3 Å². The molecular weight excluding hydrogens is 238 g/mol. The molecule has 1 spiro atoms. The Kier molecular flexibility index (Phi) is 3.39. The maximum absolute atomic E-state index is 8.76. The Balaban J connectivity index is 1.64. The van der Waals surface area contributed by atoms with Crippen LogP contribution in [0.3, 0.4) is 0 Å². The Bertz CT molecular complexity index is 471. The molecule has 3 rings (SSSR count). The van der Waals surface area contributed by atoms with Gasteiger partial charge in [0.15, 0.2) is 0 Å². The standard InChI is InChI=1S/C15H19N3O/c16-10-12-3-4-14(17-11-12)18-13-5-8-19-15(9-13)6-1-2-7-15/h3-4,11,13H,1-2,5-9H2,(H,17,18)/t13-/m0/s1. The zero-order chi connectivity index (χ0) is 13.1. The molecule has 1 saturated heterocycles. The van der Waals surface area contributed by atoms with E-state index in [2.05, 4.69) is 16.4 Å². The summed E-state index contributed by atoms with van der Waals surface area (Å²) >= 11 is 0. The topological polar surface area (TPSA) is 57.9 Å². The van der Waals surface area contributed by atoms with E-state index in [1.165, 1.54) is 25.7 Å². The van der Waals surface area contributed by atoms with Gasteiger partial charge in [0.1, 0.15) is 11.9 Å². The Hall–Kier alpha value is -1.60. The average Bonchev–Trinajstić information content (AvgIpc) is 2.88. The maximum atomic E-state index is 8.76. The minimum atomic E-state index is 0.127. The summed E-state index contributed by atoms with van der Waals surface area (Å²) in [5.41, 5.74) is 0.729. The molecule has 2 aliphatic rings. The van der Waals surface area contributed by atoms with Crippen LogP contribution >= 0.6 is 0 Å². The van der Waals surface area contributed by atoms with Crippen LogP contribution in [0.1, 0.15) is 44.1 Å². The molecule has 2 heterocycles. The van der Waals surface area contributed by atoms with Gasteiger partial charge in [-0.1, -0.05) is 12.8 Å². The van der Waals surface area contributed by atoms with E-state index in [-0.39, 0.29) is 5.60 Å². The van der Waals surface area contributed by atoms with Gasteiger partial charge >= 0.3 is 0 Å². The molecular formula is C15H19N3O. The van der Waals surface area contributed by atoms with Gasteiger partial charge in [0, 0.05) is 18.8 Å². The largest absolute Gasteiger partial charge is 0.375 e. The quantitative estimate of drug-likeness (QED) is 0.885. The summed E-state index contributed by atoms with van der Waals surface area (Å²) in [4.78, 5) is 4.28. The van der Waals surface area contributed by atoms with Crippen LogP contribution in [0.2, 0.25) is 0 Å². The highest BCUT2D eigenvalue weighted by molar-refractivity contribution is 5.39. The van der Waals surface area contributed by atoms with Gasteiger partial charge in [-0.3, -0.25) is 0 Å². The summed E-state index contributed by atoms with van der Waals surface area (Å²) in [5, 5.41) is 12.2. The lowest BCUT2D eigenvalue weighted by molar-refractivity contribution is -0.0767. The molecule has 1 aromatic rings. The molecule has 100 valence electrons. The fourth-order valence-corrected chi connectivity index (χ4v) is 3.27. The smallest absolute Gasteiger partial charge is 0.126 e. The van der Waals surface area contributed by atoms with Crippen LogP contribution in [-0.4, -0.2) is 23.2 Å². The number of anilines is 1. The van der Waals surface area contributed by atoms with Crippen molar-refractivity contribution >= 4 is 5.82 Å². The molecule has 0 aromatic carbocycles. The molecule has 4 nitrogen and oxygen atoms in total. The Morgan fingerprint density at radius 2 is 2.21 bits per heavy atom. The zero-order valence-electron chi connectivity index (χ0n) is 11.1. The van der Waals surface area contributed by atoms with E-state index in [1.54, 1.807) is 12.3 Å². The van der Waals surface area contributed by atoms with Crippen molar-refractivity contribution in [3.8, 4) is 6.07 Å². The maximum Gasteiger partial charge on any atom is 0.126 e. The van der Waals surface area contributed by atoms with Crippen molar-refractivity contribution in [2.45, 2.75) is 50.2 Å². The van der Waals surface area contributed by atoms with Gasteiger partial charge in [0.25, 0.3) is 0 Å². The van der Waals surface area contributed by atoms with Crippen molar-refractivity contribution in [3.63, 3.8) is 0 Å². The number of pyridine rings is 1.